The number of hydrogen-bond acceptors (Lipinski definition) is 3. The summed E-state index contributed by atoms with van der Waals surface area (Å²) in [4.78, 5) is 7.28. The number of likely N-dealkylation sites (tertiary alicyclic amines) is 1. The molecule has 1 unspecified atom stereocenters. The molecule has 1 atom stereocenters. The van der Waals surface area contributed by atoms with E-state index in [0.29, 0.717) is 0 Å². The molecule has 0 N–H and O–H groups in total. The minimum absolute atomic E-state index is 0.0285. The molecule has 1 aliphatic heterocycles. The fourth-order valence-corrected chi connectivity index (χ4v) is 6.13. The molecule has 3 heterocycles. The van der Waals surface area contributed by atoms with Gasteiger partial charge in [-0.25, -0.2) is 13.5 Å². The van der Waals surface area contributed by atoms with Gasteiger partial charge in [-0.1, -0.05) is 44.5 Å². The van der Waals surface area contributed by atoms with Crippen molar-refractivity contribution in [1.29, 1.82) is 0 Å². The maximum Gasteiger partial charge on any atom is 0.123 e. The van der Waals surface area contributed by atoms with E-state index in [9.17, 15) is 8.78 Å². The molecule has 2 aromatic carbocycles. The van der Waals surface area contributed by atoms with Crippen LogP contribution in [0.5, 0.6) is 0 Å². The molecule has 0 amide bonds. The van der Waals surface area contributed by atoms with Gasteiger partial charge in [-0.3, -0.25) is 9.88 Å². The van der Waals surface area contributed by atoms with Crippen molar-refractivity contribution in [3.05, 3.63) is 118 Å². The average molecular weight is 525 g/mol. The number of rotatable bonds is 5. The first-order chi connectivity index (χ1) is 18.7. The lowest BCUT2D eigenvalue weighted by Gasteiger charge is -2.47. The lowest BCUT2D eigenvalue weighted by Crippen LogP contribution is -2.48. The Morgan fingerprint density at radius 1 is 0.872 bits per heavy atom. The van der Waals surface area contributed by atoms with Gasteiger partial charge in [0.1, 0.15) is 11.6 Å². The Kier molecular flexibility index (Phi) is 6.46. The van der Waals surface area contributed by atoms with Gasteiger partial charge in [0, 0.05) is 42.4 Å². The van der Waals surface area contributed by atoms with Gasteiger partial charge in [-0.15, -0.1) is 0 Å². The van der Waals surface area contributed by atoms with Crippen molar-refractivity contribution in [3.8, 4) is 5.69 Å². The van der Waals surface area contributed by atoms with Gasteiger partial charge < -0.3 is 0 Å². The molecule has 6 rings (SSSR count). The molecule has 0 radical (unpaired) electrons. The van der Waals surface area contributed by atoms with Crippen LogP contribution < -0.4 is 0 Å². The Morgan fingerprint density at radius 3 is 2.23 bits per heavy atom. The summed E-state index contributed by atoms with van der Waals surface area (Å²) in [5.41, 5.74) is 7.87. The number of hydrogen-bond donors (Lipinski definition) is 0. The highest BCUT2D eigenvalue weighted by Gasteiger charge is 2.43. The van der Waals surface area contributed by atoms with Crippen molar-refractivity contribution in [2.45, 2.75) is 52.0 Å². The van der Waals surface area contributed by atoms with Crippen LogP contribution in [0.15, 0.2) is 78.6 Å². The standard InChI is InChI=1S/C33H34F2N4/c1-32(2,3)31-13-6-24(19-36-31)21-38-15-14-26-16-30-25(20-37-39(30)29-11-9-28(35)10-12-29)18-33(26,22-38)17-23-4-7-27(34)8-5-23/h4-13,16,19-20H,14-15,17-18,21-22H2,1-3H3. The number of benzene rings is 2. The summed E-state index contributed by atoms with van der Waals surface area (Å²) >= 11 is 0. The summed E-state index contributed by atoms with van der Waals surface area (Å²) in [7, 11) is 0. The van der Waals surface area contributed by atoms with E-state index in [0.717, 1.165) is 61.5 Å². The van der Waals surface area contributed by atoms with Crippen LogP contribution in [0.1, 0.15) is 55.3 Å². The molecular formula is C33H34F2N4. The van der Waals surface area contributed by atoms with Crippen LogP contribution in [0, 0.1) is 17.0 Å². The van der Waals surface area contributed by atoms with Crippen molar-refractivity contribution < 1.29 is 8.78 Å². The normalized spacial score (nSPS) is 19.4. The average Bonchev–Trinajstić information content (AvgIpc) is 3.31. The Balaban J connectivity index is 1.32. The van der Waals surface area contributed by atoms with E-state index >= 15 is 0 Å². The van der Waals surface area contributed by atoms with E-state index in [-0.39, 0.29) is 22.5 Å². The number of aromatic nitrogens is 3. The third kappa shape index (κ3) is 5.18. The maximum atomic E-state index is 13.7. The molecule has 0 bridgehead atoms. The quantitative estimate of drug-likeness (QED) is 0.284. The van der Waals surface area contributed by atoms with Crippen molar-refractivity contribution in [3.63, 3.8) is 0 Å². The second-order valence-corrected chi connectivity index (χ2v) is 12.1. The third-order valence-corrected chi connectivity index (χ3v) is 8.16. The first kappa shape index (κ1) is 25.6. The van der Waals surface area contributed by atoms with E-state index in [2.05, 4.69) is 43.9 Å². The summed E-state index contributed by atoms with van der Waals surface area (Å²) in [6.07, 6.45) is 8.90. The van der Waals surface area contributed by atoms with Crippen LogP contribution in [0.3, 0.4) is 0 Å². The SMILES string of the molecule is CC(C)(C)c1ccc(CN2CCC3=Cc4c(cnn4-c4ccc(F)cc4)CC3(Cc3ccc(F)cc3)C2)cn1. The van der Waals surface area contributed by atoms with Gasteiger partial charge in [0.2, 0.25) is 0 Å². The predicted molar refractivity (Wildman–Crippen MR) is 151 cm³/mol. The van der Waals surface area contributed by atoms with Crippen molar-refractivity contribution in [2.75, 3.05) is 13.1 Å². The van der Waals surface area contributed by atoms with E-state index in [4.69, 9.17) is 10.1 Å². The summed E-state index contributed by atoms with van der Waals surface area (Å²) in [6.45, 7) is 9.25. The van der Waals surface area contributed by atoms with Crippen molar-refractivity contribution >= 4 is 6.08 Å². The Bertz CT molecular complexity index is 1500. The highest BCUT2D eigenvalue weighted by atomic mass is 19.1. The summed E-state index contributed by atoms with van der Waals surface area (Å²) in [5.74, 6) is -0.470. The maximum absolute atomic E-state index is 13.7. The van der Waals surface area contributed by atoms with E-state index < -0.39 is 0 Å². The smallest absolute Gasteiger partial charge is 0.123 e. The summed E-state index contributed by atoms with van der Waals surface area (Å²) in [5, 5.41) is 4.70. The predicted octanol–water partition coefficient (Wildman–Crippen LogP) is 6.92. The molecule has 0 spiro atoms. The van der Waals surface area contributed by atoms with E-state index in [1.54, 1.807) is 24.3 Å². The fourth-order valence-electron chi connectivity index (χ4n) is 6.13. The minimum atomic E-state index is -0.257. The van der Waals surface area contributed by atoms with Gasteiger partial charge in [0.15, 0.2) is 0 Å². The van der Waals surface area contributed by atoms with Gasteiger partial charge in [0.25, 0.3) is 0 Å². The molecule has 1 aliphatic carbocycles. The van der Waals surface area contributed by atoms with Crippen LogP contribution in [0.4, 0.5) is 8.78 Å². The van der Waals surface area contributed by atoms with Gasteiger partial charge in [-0.2, -0.15) is 5.10 Å². The summed E-state index contributed by atoms with van der Waals surface area (Å²) < 4.78 is 29.2. The van der Waals surface area contributed by atoms with Gasteiger partial charge >= 0.3 is 0 Å². The molecule has 4 aromatic rings. The molecule has 1 fully saturated rings. The van der Waals surface area contributed by atoms with Crippen LogP contribution in [0.25, 0.3) is 11.8 Å². The molecule has 200 valence electrons. The number of pyridine rings is 1. The monoisotopic (exact) mass is 524 g/mol. The Hall–Kier alpha value is -3.64. The first-order valence-corrected chi connectivity index (χ1v) is 13.6. The second-order valence-electron chi connectivity index (χ2n) is 12.1. The molecule has 4 nitrogen and oxygen atoms in total. The minimum Gasteiger partial charge on any atom is -0.298 e. The highest BCUT2D eigenvalue weighted by molar-refractivity contribution is 5.62. The number of nitrogens with zero attached hydrogens (tertiary/aromatic N) is 4. The zero-order chi connectivity index (χ0) is 27.2. The lowest BCUT2D eigenvalue weighted by molar-refractivity contribution is 0.131. The van der Waals surface area contributed by atoms with Gasteiger partial charge in [-0.05, 0) is 84.5 Å². The summed E-state index contributed by atoms with van der Waals surface area (Å²) in [6, 6.07) is 17.8. The lowest BCUT2D eigenvalue weighted by atomic mass is 9.65. The Labute approximate surface area is 229 Å². The van der Waals surface area contributed by atoms with Crippen LogP contribution >= 0.6 is 0 Å². The number of piperidine rings is 1. The highest BCUT2D eigenvalue weighted by Crippen LogP contribution is 2.46. The number of halogens is 2. The van der Waals surface area contributed by atoms with Gasteiger partial charge in [0.05, 0.1) is 17.6 Å². The largest absolute Gasteiger partial charge is 0.298 e. The molecule has 6 heteroatoms. The first-order valence-electron chi connectivity index (χ1n) is 13.6. The zero-order valence-corrected chi connectivity index (χ0v) is 22.8. The number of fused-ring (bicyclic) bond motifs is 2. The molecule has 2 aromatic heterocycles. The molecule has 0 saturated carbocycles. The van der Waals surface area contributed by atoms with Crippen LogP contribution in [-0.2, 0) is 24.8 Å². The fraction of sp³-hybridized carbons (Fsp3) is 0.333. The molecule has 1 saturated heterocycles. The molecule has 39 heavy (non-hydrogen) atoms. The molecular weight excluding hydrogens is 490 g/mol. The zero-order valence-electron chi connectivity index (χ0n) is 22.8. The van der Waals surface area contributed by atoms with Crippen LogP contribution in [-0.4, -0.2) is 32.8 Å². The van der Waals surface area contributed by atoms with E-state index in [1.807, 2.05) is 29.2 Å². The van der Waals surface area contributed by atoms with Crippen molar-refractivity contribution in [2.24, 2.45) is 5.41 Å². The second kappa shape index (κ2) is 9.83. The van der Waals surface area contributed by atoms with Crippen molar-refractivity contribution in [1.82, 2.24) is 19.7 Å². The molecule has 2 aliphatic rings. The van der Waals surface area contributed by atoms with Crippen LogP contribution in [0.2, 0.25) is 0 Å². The third-order valence-electron chi connectivity index (χ3n) is 8.16. The topological polar surface area (TPSA) is 34.0 Å². The van der Waals surface area contributed by atoms with E-state index in [1.165, 1.54) is 28.8 Å². The Morgan fingerprint density at radius 2 is 1.56 bits per heavy atom.